The first-order valence-electron chi connectivity index (χ1n) is 4.11. The Morgan fingerprint density at radius 3 is 3.08 bits per heavy atom. The van der Waals surface area contributed by atoms with Crippen molar-refractivity contribution >= 4 is 17.2 Å². The van der Waals surface area contributed by atoms with Gasteiger partial charge in [0.1, 0.15) is 0 Å². The van der Waals surface area contributed by atoms with Gasteiger partial charge in [-0.25, -0.2) is 0 Å². The van der Waals surface area contributed by atoms with Crippen molar-refractivity contribution in [1.82, 2.24) is 15.6 Å². The molecule has 1 amide bonds. The smallest absolute Gasteiger partial charge is 0.234 e. The predicted molar refractivity (Wildman–Crippen MR) is 50.5 cm³/mol. The van der Waals surface area contributed by atoms with Crippen LogP contribution >= 0.6 is 11.3 Å². The topological polar surface area (TPSA) is 54.0 Å². The Labute approximate surface area is 80.4 Å². The number of piperazine rings is 1. The summed E-state index contributed by atoms with van der Waals surface area (Å²) < 4.78 is 0. The van der Waals surface area contributed by atoms with Gasteiger partial charge in [-0.1, -0.05) is 0 Å². The molecule has 1 fully saturated rings. The molecule has 0 bridgehead atoms. The van der Waals surface area contributed by atoms with E-state index in [1.807, 2.05) is 6.20 Å². The maximum absolute atomic E-state index is 10.9. The Bertz CT molecular complexity index is 299. The van der Waals surface area contributed by atoms with E-state index < -0.39 is 0 Å². The van der Waals surface area contributed by atoms with Crippen LogP contribution in [0.25, 0.3) is 0 Å². The van der Waals surface area contributed by atoms with Crippen molar-refractivity contribution in [1.29, 1.82) is 0 Å². The molecule has 0 saturated carbocycles. The Morgan fingerprint density at radius 1 is 1.69 bits per heavy atom. The summed E-state index contributed by atoms with van der Waals surface area (Å²) in [4.78, 5) is 16.1. The molecule has 1 aliphatic rings. The van der Waals surface area contributed by atoms with Gasteiger partial charge in [-0.15, -0.1) is 11.3 Å². The van der Waals surface area contributed by atoms with E-state index in [0.717, 1.165) is 4.88 Å². The second kappa shape index (κ2) is 3.08. The highest BCUT2D eigenvalue weighted by Crippen LogP contribution is 2.24. The van der Waals surface area contributed by atoms with Crippen LogP contribution in [0.3, 0.4) is 0 Å². The largest absolute Gasteiger partial charge is 0.353 e. The zero-order valence-corrected chi connectivity index (χ0v) is 8.15. The zero-order valence-electron chi connectivity index (χ0n) is 7.33. The molecule has 0 radical (unpaired) electrons. The molecule has 13 heavy (non-hydrogen) atoms. The van der Waals surface area contributed by atoms with E-state index in [-0.39, 0.29) is 11.4 Å². The van der Waals surface area contributed by atoms with E-state index in [4.69, 9.17) is 0 Å². The number of hydrogen-bond acceptors (Lipinski definition) is 4. The SMILES string of the molecule is CC1(c2cncs2)CNC(=O)CN1. The van der Waals surface area contributed by atoms with Crippen LogP contribution in [-0.4, -0.2) is 24.0 Å². The highest BCUT2D eigenvalue weighted by Gasteiger charge is 2.32. The minimum absolute atomic E-state index is 0.0574. The van der Waals surface area contributed by atoms with Crippen molar-refractivity contribution < 1.29 is 4.79 Å². The fourth-order valence-electron chi connectivity index (χ4n) is 1.34. The van der Waals surface area contributed by atoms with Crippen LogP contribution in [0.4, 0.5) is 0 Å². The summed E-state index contributed by atoms with van der Waals surface area (Å²) in [5.41, 5.74) is 1.66. The second-order valence-electron chi connectivity index (χ2n) is 3.33. The van der Waals surface area contributed by atoms with Crippen LogP contribution in [0.2, 0.25) is 0 Å². The number of carbonyl (C=O) groups is 1. The maximum atomic E-state index is 10.9. The van der Waals surface area contributed by atoms with Crippen LogP contribution in [0, 0.1) is 0 Å². The number of nitrogens with zero attached hydrogens (tertiary/aromatic N) is 1. The Hall–Kier alpha value is -0.940. The van der Waals surface area contributed by atoms with Crippen molar-refractivity contribution in [3.63, 3.8) is 0 Å². The summed E-state index contributed by atoms with van der Waals surface area (Å²) in [6.45, 7) is 3.09. The summed E-state index contributed by atoms with van der Waals surface area (Å²) in [5.74, 6) is 0.0574. The summed E-state index contributed by atoms with van der Waals surface area (Å²) in [7, 11) is 0. The van der Waals surface area contributed by atoms with Gasteiger partial charge in [0.2, 0.25) is 5.91 Å². The predicted octanol–water partition coefficient (Wildman–Crippen LogP) is 0.0777. The first kappa shape index (κ1) is 8.65. The van der Waals surface area contributed by atoms with Crippen molar-refractivity contribution in [3.05, 3.63) is 16.6 Å². The van der Waals surface area contributed by atoms with E-state index in [9.17, 15) is 4.79 Å². The Morgan fingerprint density at radius 2 is 2.54 bits per heavy atom. The number of carbonyl (C=O) groups excluding carboxylic acids is 1. The van der Waals surface area contributed by atoms with Crippen molar-refractivity contribution in [2.45, 2.75) is 12.5 Å². The van der Waals surface area contributed by atoms with Crippen LogP contribution in [0.1, 0.15) is 11.8 Å². The minimum atomic E-state index is -0.144. The molecule has 1 unspecified atom stereocenters. The third-order valence-electron chi connectivity index (χ3n) is 2.25. The summed E-state index contributed by atoms with van der Waals surface area (Å²) in [6.07, 6.45) is 1.84. The summed E-state index contributed by atoms with van der Waals surface area (Å²) in [6, 6.07) is 0. The van der Waals surface area contributed by atoms with Gasteiger partial charge in [-0.2, -0.15) is 0 Å². The molecule has 0 spiro atoms. The summed E-state index contributed by atoms with van der Waals surface area (Å²) >= 11 is 1.60. The lowest BCUT2D eigenvalue weighted by molar-refractivity contribution is -0.122. The van der Waals surface area contributed by atoms with Gasteiger partial charge in [0, 0.05) is 17.6 Å². The molecule has 2 heterocycles. The monoisotopic (exact) mass is 197 g/mol. The average Bonchev–Trinajstić information content (AvgIpc) is 2.63. The number of thiazole rings is 1. The highest BCUT2D eigenvalue weighted by molar-refractivity contribution is 7.09. The first-order chi connectivity index (χ1) is 6.21. The molecule has 2 rings (SSSR count). The zero-order chi connectivity index (χ0) is 9.31. The second-order valence-corrected chi connectivity index (χ2v) is 4.21. The number of aromatic nitrogens is 1. The molecule has 0 aliphatic carbocycles. The molecule has 1 aliphatic heterocycles. The van der Waals surface area contributed by atoms with E-state index in [2.05, 4.69) is 22.5 Å². The van der Waals surface area contributed by atoms with E-state index in [0.29, 0.717) is 13.1 Å². The quantitative estimate of drug-likeness (QED) is 0.670. The number of hydrogen-bond donors (Lipinski definition) is 2. The van der Waals surface area contributed by atoms with Crippen molar-refractivity contribution in [2.75, 3.05) is 13.1 Å². The van der Waals surface area contributed by atoms with Gasteiger partial charge in [-0.3, -0.25) is 15.1 Å². The van der Waals surface area contributed by atoms with Gasteiger partial charge in [0.25, 0.3) is 0 Å². The molecular formula is C8H11N3OS. The molecule has 70 valence electrons. The third-order valence-corrected chi connectivity index (χ3v) is 3.29. The molecule has 2 N–H and O–H groups in total. The van der Waals surface area contributed by atoms with E-state index in [1.165, 1.54) is 0 Å². The van der Waals surface area contributed by atoms with E-state index in [1.54, 1.807) is 16.8 Å². The lowest BCUT2D eigenvalue weighted by Crippen LogP contribution is -2.57. The van der Waals surface area contributed by atoms with Gasteiger partial charge < -0.3 is 5.32 Å². The van der Waals surface area contributed by atoms with Crippen LogP contribution in [-0.2, 0) is 10.3 Å². The lowest BCUT2D eigenvalue weighted by atomic mass is 9.99. The highest BCUT2D eigenvalue weighted by atomic mass is 32.1. The van der Waals surface area contributed by atoms with Gasteiger partial charge >= 0.3 is 0 Å². The molecule has 1 aromatic heterocycles. The van der Waals surface area contributed by atoms with Gasteiger partial charge in [0.15, 0.2) is 0 Å². The van der Waals surface area contributed by atoms with Crippen LogP contribution < -0.4 is 10.6 Å². The van der Waals surface area contributed by atoms with E-state index >= 15 is 0 Å². The third kappa shape index (κ3) is 1.57. The average molecular weight is 197 g/mol. The fraction of sp³-hybridized carbons (Fsp3) is 0.500. The van der Waals surface area contributed by atoms with Gasteiger partial charge in [-0.05, 0) is 6.92 Å². The lowest BCUT2D eigenvalue weighted by Gasteiger charge is -2.33. The molecule has 1 saturated heterocycles. The molecule has 5 heteroatoms. The molecule has 1 atom stereocenters. The van der Waals surface area contributed by atoms with Crippen molar-refractivity contribution in [2.24, 2.45) is 0 Å². The standard InChI is InChI=1S/C8H11N3OS/c1-8(6-2-9-5-13-6)4-10-7(12)3-11-8/h2,5,11H,3-4H2,1H3,(H,10,12). The number of rotatable bonds is 1. The van der Waals surface area contributed by atoms with Gasteiger partial charge in [0.05, 0.1) is 17.6 Å². The molecule has 1 aromatic rings. The first-order valence-corrected chi connectivity index (χ1v) is 4.99. The van der Waals surface area contributed by atoms with Crippen LogP contribution in [0.5, 0.6) is 0 Å². The number of nitrogens with one attached hydrogen (secondary N) is 2. The number of amides is 1. The minimum Gasteiger partial charge on any atom is -0.353 e. The Kier molecular flexibility index (Phi) is 2.05. The Balaban J connectivity index is 2.18. The summed E-state index contributed by atoms with van der Waals surface area (Å²) in [5, 5.41) is 6.04. The maximum Gasteiger partial charge on any atom is 0.234 e. The normalized spacial score (nSPS) is 28.5. The fourth-order valence-corrected chi connectivity index (χ4v) is 2.10. The van der Waals surface area contributed by atoms with Crippen molar-refractivity contribution in [3.8, 4) is 0 Å². The van der Waals surface area contributed by atoms with Crippen LogP contribution in [0.15, 0.2) is 11.7 Å². The molecule has 0 aromatic carbocycles. The molecule has 4 nitrogen and oxygen atoms in total. The molecular weight excluding hydrogens is 186 g/mol.